The van der Waals surface area contributed by atoms with Crippen molar-refractivity contribution in [3.8, 4) is 0 Å². The summed E-state index contributed by atoms with van der Waals surface area (Å²) in [5.41, 5.74) is 0.390. The molecule has 17 heavy (non-hydrogen) atoms. The van der Waals surface area contributed by atoms with Gasteiger partial charge in [-0.15, -0.1) is 0 Å². The van der Waals surface area contributed by atoms with Crippen LogP contribution in [0.2, 0.25) is 5.02 Å². The van der Waals surface area contributed by atoms with Gasteiger partial charge in [0.2, 0.25) is 0 Å². The van der Waals surface area contributed by atoms with Gasteiger partial charge in [0.25, 0.3) is 5.91 Å². The lowest BCUT2D eigenvalue weighted by molar-refractivity contribution is -0.137. The average Bonchev–Trinajstić information content (AvgIpc) is 2.14. The van der Waals surface area contributed by atoms with Crippen LogP contribution in [0.1, 0.15) is 23.7 Å². The average molecular weight is 321 g/mol. The van der Waals surface area contributed by atoms with E-state index < -0.39 is 12.0 Å². The Morgan fingerprint density at radius 2 is 2.12 bits per heavy atom. The lowest BCUT2D eigenvalue weighted by Gasteiger charge is -2.11. The molecule has 0 aliphatic heterocycles. The molecular weight excluding hydrogens is 309 g/mol. The second-order valence-corrected chi connectivity index (χ2v) is 4.98. The number of hydrogen-bond acceptors (Lipinski definition) is 2. The zero-order valence-electron chi connectivity index (χ0n) is 9.04. The van der Waals surface area contributed by atoms with E-state index in [1.54, 1.807) is 19.1 Å². The number of rotatable bonds is 4. The first-order chi connectivity index (χ1) is 7.88. The Kier molecular flexibility index (Phi) is 4.96. The minimum atomic E-state index is -0.954. The van der Waals surface area contributed by atoms with Gasteiger partial charge >= 0.3 is 5.97 Å². The van der Waals surface area contributed by atoms with Gasteiger partial charge in [-0.3, -0.25) is 9.59 Å². The molecule has 0 fully saturated rings. The van der Waals surface area contributed by atoms with E-state index in [1.165, 1.54) is 6.07 Å². The van der Waals surface area contributed by atoms with Gasteiger partial charge in [-0.1, -0.05) is 27.5 Å². The molecule has 1 amide bonds. The summed E-state index contributed by atoms with van der Waals surface area (Å²) in [5.74, 6) is -1.30. The van der Waals surface area contributed by atoms with Gasteiger partial charge < -0.3 is 10.4 Å². The molecule has 4 nitrogen and oxygen atoms in total. The molecule has 0 radical (unpaired) electrons. The zero-order chi connectivity index (χ0) is 13.0. The molecule has 1 atom stereocenters. The lowest BCUT2D eigenvalue weighted by Crippen LogP contribution is -2.34. The Balaban J connectivity index is 2.72. The standard InChI is InChI=1S/C11H11BrClNO3/c1-6(2-10(15)16)14-11(17)7-3-8(12)5-9(13)4-7/h3-6H,2H2,1H3,(H,14,17)(H,15,16). The van der Waals surface area contributed by atoms with E-state index >= 15 is 0 Å². The van der Waals surface area contributed by atoms with Crippen LogP contribution < -0.4 is 5.32 Å². The number of carboxylic acids is 1. The summed E-state index contributed by atoms with van der Waals surface area (Å²) >= 11 is 9.04. The molecule has 1 rings (SSSR count). The molecule has 2 N–H and O–H groups in total. The van der Waals surface area contributed by atoms with Crippen molar-refractivity contribution < 1.29 is 14.7 Å². The molecule has 0 spiro atoms. The molecule has 6 heteroatoms. The molecule has 0 bridgehead atoms. The van der Waals surface area contributed by atoms with Crippen molar-refractivity contribution in [3.05, 3.63) is 33.3 Å². The summed E-state index contributed by atoms with van der Waals surface area (Å²) in [6, 6.07) is 4.38. The Bertz CT molecular complexity index is 430. The van der Waals surface area contributed by atoms with Crippen LogP contribution in [-0.4, -0.2) is 23.0 Å². The van der Waals surface area contributed by atoms with Crippen molar-refractivity contribution in [1.29, 1.82) is 0 Å². The van der Waals surface area contributed by atoms with Crippen molar-refractivity contribution in [1.82, 2.24) is 5.32 Å². The largest absolute Gasteiger partial charge is 0.481 e. The van der Waals surface area contributed by atoms with Gasteiger partial charge in [0, 0.05) is 21.1 Å². The van der Waals surface area contributed by atoms with Gasteiger partial charge in [-0.05, 0) is 25.1 Å². The van der Waals surface area contributed by atoms with Crippen LogP contribution in [0.3, 0.4) is 0 Å². The molecule has 0 saturated carbocycles. The third kappa shape index (κ3) is 4.75. The first kappa shape index (κ1) is 14.0. The highest BCUT2D eigenvalue weighted by molar-refractivity contribution is 9.10. The highest BCUT2D eigenvalue weighted by Crippen LogP contribution is 2.19. The predicted octanol–water partition coefficient (Wildman–Crippen LogP) is 2.70. The van der Waals surface area contributed by atoms with Gasteiger partial charge in [-0.2, -0.15) is 0 Å². The molecule has 1 unspecified atom stereocenters. The van der Waals surface area contributed by atoms with Gasteiger partial charge in [0.15, 0.2) is 0 Å². The van der Waals surface area contributed by atoms with Crippen LogP contribution in [0, 0.1) is 0 Å². The number of amides is 1. The van der Waals surface area contributed by atoms with E-state index in [1.807, 2.05) is 0 Å². The van der Waals surface area contributed by atoms with Crippen molar-refractivity contribution in [2.24, 2.45) is 0 Å². The van der Waals surface area contributed by atoms with E-state index in [0.29, 0.717) is 15.1 Å². The second-order valence-electron chi connectivity index (χ2n) is 3.63. The number of carbonyl (C=O) groups is 2. The Morgan fingerprint density at radius 3 is 2.65 bits per heavy atom. The fraction of sp³-hybridized carbons (Fsp3) is 0.273. The molecule has 0 heterocycles. The number of carboxylic acid groups (broad SMARTS) is 1. The van der Waals surface area contributed by atoms with Crippen molar-refractivity contribution in [2.75, 3.05) is 0 Å². The maximum atomic E-state index is 11.8. The highest BCUT2D eigenvalue weighted by Gasteiger charge is 2.13. The number of nitrogens with one attached hydrogen (secondary N) is 1. The molecule has 0 aliphatic carbocycles. The maximum Gasteiger partial charge on any atom is 0.305 e. The zero-order valence-corrected chi connectivity index (χ0v) is 11.4. The second kappa shape index (κ2) is 6.02. The summed E-state index contributed by atoms with van der Waals surface area (Å²) in [6.45, 7) is 1.63. The third-order valence-electron chi connectivity index (χ3n) is 1.98. The summed E-state index contributed by atoms with van der Waals surface area (Å²) in [6.07, 6.45) is -0.118. The van der Waals surface area contributed by atoms with Crippen molar-refractivity contribution in [2.45, 2.75) is 19.4 Å². The van der Waals surface area contributed by atoms with E-state index in [2.05, 4.69) is 21.2 Å². The summed E-state index contributed by atoms with van der Waals surface area (Å²) in [4.78, 5) is 22.2. The van der Waals surface area contributed by atoms with E-state index in [9.17, 15) is 9.59 Å². The van der Waals surface area contributed by atoms with Crippen molar-refractivity contribution in [3.63, 3.8) is 0 Å². The highest BCUT2D eigenvalue weighted by atomic mass is 79.9. The Labute approximate surface area is 112 Å². The molecule has 0 saturated heterocycles. The Morgan fingerprint density at radius 1 is 1.47 bits per heavy atom. The third-order valence-corrected chi connectivity index (χ3v) is 2.66. The SMILES string of the molecule is CC(CC(=O)O)NC(=O)c1cc(Cl)cc(Br)c1. The van der Waals surface area contributed by atoms with Crippen LogP contribution in [-0.2, 0) is 4.79 Å². The number of hydrogen-bond donors (Lipinski definition) is 2. The smallest absolute Gasteiger partial charge is 0.305 e. The summed E-state index contributed by atoms with van der Waals surface area (Å²) in [7, 11) is 0. The first-order valence-electron chi connectivity index (χ1n) is 4.87. The van der Waals surface area contributed by atoms with Gasteiger partial charge in [0.1, 0.15) is 0 Å². The normalized spacial score (nSPS) is 11.9. The minimum absolute atomic E-state index is 0.118. The van der Waals surface area contributed by atoms with Crippen LogP contribution in [0.15, 0.2) is 22.7 Å². The molecule has 0 aromatic heterocycles. The van der Waals surface area contributed by atoms with E-state index in [-0.39, 0.29) is 12.3 Å². The van der Waals surface area contributed by atoms with Crippen LogP contribution in [0.5, 0.6) is 0 Å². The fourth-order valence-electron chi connectivity index (χ4n) is 1.31. The van der Waals surface area contributed by atoms with E-state index in [4.69, 9.17) is 16.7 Å². The van der Waals surface area contributed by atoms with Gasteiger partial charge in [0.05, 0.1) is 6.42 Å². The van der Waals surface area contributed by atoms with Gasteiger partial charge in [-0.25, -0.2) is 0 Å². The number of carbonyl (C=O) groups excluding carboxylic acids is 1. The fourth-order valence-corrected chi connectivity index (χ4v) is 2.17. The first-order valence-corrected chi connectivity index (χ1v) is 6.04. The Hall–Kier alpha value is -1.07. The van der Waals surface area contributed by atoms with E-state index in [0.717, 1.165) is 0 Å². The molecule has 92 valence electrons. The minimum Gasteiger partial charge on any atom is -0.481 e. The number of aliphatic carboxylic acids is 1. The summed E-state index contributed by atoms with van der Waals surface area (Å²) < 4.78 is 0.695. The number of benzene rings is 1. The van der Waals surface area contributed by atoms with Crippen LogP contribution >= 0.6 is 27.5 Å². The van der Waals surface area contributed by atoms with Crippen molar-refractivity contribution >= 4 is 39.4 Å². The maximum absolute atomic E-state index is 11.8. The molecule has 1 aromatic carbocycles. The topological polar surface area (TPSA) is 66.4 Å². The molecular formula is C11H11BrClNO3. The number of halogens is 2. The summed E-state index contributed by atoms with van der Waals surface area (Å²) in [5, 5.41) is 11.6. The van der Waals surface area contributed by atoms with Crippen LogP contribution in [0.25, 0.3) is 0 Å². The molecule has 1 aromatic rings. The lowest BCUT2D eigenvalue weighted by atomic mass is 10.2. The van der Waals surface area contributed by atoms with Crippen LogP contribution in [0.4, 0.5) is 0 Å². The predicted molar refractivity (Wildman–Crippen MR) is 68.3 cm³/mol. The molecule has 0 aliphatic rings. The quantitative estimate of drug-likeness (QED) is 0.896. The monoisotopic (exact) mass is 319 g/mol.